The van der Waals surface area contributed by atoms with Crippen LogP contribution in [0.25, 0.3) is 10.9 Å². The van der Waals surface area contributed by atoms with Crippen LogP contribution in [-0.2, 0) is 11.4 Å². The van der Waals surface area contributed by atoms with E-state index in [1.807, 2.05) is 30.5 Å². The number of hydrogen-bond acceptors (Lipinski definition) is 7. The fourth-order valence-electron chi connectivity index (χ4n) is 5.05. The number of benzene rings is 2. The van der Waals surface area contributed by atoms with Gasteiger partial charge < -0.3 is 14.3 Å². The van der Waals surface area contributed by atoms with Gasteiger partial charge in [-0.15, -0.1) is 0 Å². The van der Waals surface area contributed by atoms with Crippen LogP contribution in [-0.4, -0.2) is 73.0 Å². The molecule has 1 saturated heterocycles. The van der Waals surface area contributed by atoms with E-state index in [-0.39, 0.29) is 12.0 Å². The Morgan fingerprint density at radius 1 is 1.03 bits per heavy atom. The number of pyridine rings is 1. The number of oxime groups is 1. The summed E-state index contributed by atoms with van der Waals surface area (Å²) in [7, 11) is 1.68. The molecule has 0 unspecified atom stereocenters. The molecule has 33 heavy (non-hydrogen) atoms. The molecule has 3 aromatic rings. The monoisotopic (exact) mass is 444 g/mol. The molecule has 2 aromatic carbocycles. The summed E-state index contributed by atoms with van der Waals surface area (Å²) in [4.78, 5) is 15.3. The van der Waals surface area contributed by atoms with Crippen LogP contribution in [0.2, 0.25) is 0 Å². The van der Waals surface area contributed by atoms with Gasteiger partial charge in [0, 0.05) is 56.4 Å². The van der Waals surface area contributed by atoms with Crippen LogP contribution in [0, 0.1) is 5.92 Å². The molecule has 0 saturated carbocycles. The quantitative estimate of drug-likeness (QED) is 0.603. The third-order valence-electron chi connectivity index (χ3n) is 6.94. The lowest BCUT2D eigenvalue weighted by Crippen LogP contribution is -2.50. The van der Waals surface area contributed by atoms with Gasteiger partial charge in [-0.1, -0.05) is 17.3 Å². The van der Waals surface area contributed by atoms with Gasteiger partial charge in [-0.05, 0) is 42.0 Å². The van der Waals surface area contributed by atoms with E-state index in [9.17, 15) is 0 Å². The summed E-state index contributed by atoms with van der Waals surface area (Å²) >= 11 is 0. The molecule has 7 nitrogen and oxygen atoms in total. The van der Waals surface area contributed by atoms with Gasteiger partial charge in [0.1, 0.15) is 23.8 Å². The van der Waals surface area contributed by atoms with Crippen LogP contribution in [0.4, 0.5) is 0 Å². The number of methoxy groups -OCH3 is 1. The van der Waals surface area contributed by atoms with E-state index >= 15 is 0 Å². The third-order valence-corrected chi connectivity index (χ3v) is 6.94. The predicted molar refractivity (Wildman–Crippen MR) is 127 cm³/mol. The summed E-state index contributed by atoms with van der Waals surface area (Å²) in [5, 5.41) is 5.66. The molecule has 3 aliphatic heterocycles. The Labute approximate surface area is 193 Å². The van der Waals surface area contributed by atoms with Crippen LogP contribution in [0.5, 0.6) is 11.5 Å². The fourth-order valence-corrected chi connectivity index (χ4v) is 5.05. The second-order valence-electron chi connectivity index (χ2n) is 9.01. The molecule has 6 rings (SSSR count). The van der Waals surface area contributed by atoms with E-state index in [1.54, 1.807) is 7.11 Å². The number of rotatable bonds is 5. The maximum absolute atomic E-state index is 6.02. The fraction of sp³-hybridized carbons (Fsp3) is 0.385. The number of aromatic nitrogens is 1. The topological polar surface area (TPSA) is 59.4 Å². The minimum atomic E-state index is 0.0267. The second kappa shape index (κ2) is 8.65. The van der Waals surface area contributed by atoms with Crippen molar-refractivity contribution in [2.75, 3.05) is 46.4 Å². The van der Waals surface area contributed by atoms with E-state index in [2.05, 4.69) is 44.2 Å². The van der Waals surface area contributed by atoms with Crippen molar-refractivity contribution >= 4 is 16.6 Å². The lowest BCUT2D eigenvalue weighted by Gasteiger charge is -2.36. The first-order valence-electron chi connectivity index (χ1n) is 11.6. The van der Waals surface area contributed by atoms with E-state index in [0.717, 1.165) is 67.6 Å². The van der Waals surface area contributed by atoms with Gasteiger partial charge in [0.2, 0.25) is 0 Å². The zero-order chi connectivity index (χ0) is 22.2. The molecule has 4 heterocycles. The van der Waals surface area contributed by atoms with Gasteiger partial charge in [0.15, 0.2) is 6.10 Å². The highest BCUT2D eigenvalue weighted by atomic mass is 16.6. The second-order valence-corrected chi connectivity index (χ2v) is 9.01. The van der Waals surface area contributed by atoms with E-state index in [0.29, 0.717) is 6.61 Å². The van der Waals surface area contributed by atoms with Crippen LogP contribution in [0.1, 0.15) is 11.1 Å². The van der Waals surface area contributed by atoms with Crippen molar-refractivity contribution in [3.8, 4) is 11.5 Å². The molecule has 1 fully saturated rings. The zero-order valence-electron chi connectivity index (χ0n) is 18.8. The van der Waals surface area contributed by atoms with Gasteiger partial charge >= 0.3 is 0 Å². The van der Waals surface area contributed by atoms with E-state index in [4.69, 9.17) is 14.3 Å². The summed E-state index contributed by atoms with van der Waals surface area (Å²) in [6.07, 6.45) is 1.87. The number of nitrogens with zero attached hydrogens (tertiary/aromatic N) is 4. The summed E-state index contributed by atoms with van der Waals surface area (Å²) in [6.45, 7) is 6.61. The normalized spacial score (nSPS) is 22.8. The van der Waals surface area contributed by atoms with Crippen LogP contribution < -0.4 is 9.47 Å². The van der Waals surface area contributed by atoms with Gasteiger partial charge in [-0.3, -0.25) is 14.8 Å². The minimum Gasteiger partial charge on any atom is -0.497 e. The largest absolute Gasteiger partial charge is 0.497 e. The van der Waals surface area contributed by atoms with E-state index < -0.39 is 0 Å². The molecule has 170 valence electrons. The SMILES string of the molecule is COc1ccc2c(c1)C1=NO[C@@H](CN3CCN(Cc4ccc5ncccc5c4)CC3)[C@@H]1CO2. The Hall–Kier alpha value is -3.16. The molecule has 0 aliphatic carbocycles. The molecule has 0 bridgehead atoms. The molecule has 7 heteroatoms. The average Bonchev–Trinajstić information content (AvgIpc) is 3.28. The Kier molecular flexibility index (Phi) is 5.36. The van der Waals surface area contributed by atoms with Gasteiger partial charge in [-0.25, -0.2) is 0 Å². The molecule has 0 spiro atoms. The number of piperazine rings is 1. The van der Waals surface area contributed by atoms with Crippen molar-refractivity contribution in [1.29, 1.82) is 0 Å². The van der Waals surface area contributed by atoms with Crippen molar-refractivity contribution in [2.24, 2.45) is 11.1 Å². The molecule has 0 amide bonds. The smallest absolute Gasteiger partial charge is 0.151 e. The first-order chi connectivity index (χ1) is 16.3. The standard InChI is InChI=1S/C26H28N4O3/c1-31-20-5-7-24-21(14-20)26-22(17-32-24)25(33-28-26)16-30-11-9-29(10-12-30)15-18-4-6-23-19(13-18)3-2-8-27-23/h2-8,13-14,22,25H,9-12,15-17H2,1H3/t22-,25-/m0/s1. The maximum Gasteiger partial charge on any atom is 0.151 e. The van der Waals surface area contributed by atoms with Gasteiger partial charge in [-0.2, -0.15) is 0 Å². The highest BCUT2D eigenvalue weighted by Gasteiger charge is 2.41. The third kappa shape index (κ3) is 4.03. The summed E-state index contributed by atoms with van der Waals surface area (Å²) < 4.78 is 11.4. The lowest BCUT2D eigenvalue weighted by molar-refractivity contribution is 0.00850. The molecular formula is C26H28N4O3. The van der Waals surface area contributed by atoms with Gasteiger partial charge in [0.25, 0.3) is 0 Å². The minimum absolute atomic E-state index is 0.0267. The summed E-state index contributed by atoms with van der Waals surface area (Å²) in [6, 6.07) is 16.6. The first-order valence-corrected chi connectivity index (χ1v) is 11.6. The Morgan fingerprint density at radius 2 is 1.91 bits per heavy atom. The van der Waals surface area contributed by atoms with Crippen molar-refractivity contribution in [3.63, 3.8) is 0 Å². The molecule has 2 atom stereocenters. The van der Waals surface area contributed by atoms with Gasteiger partial charge in [0.05, 0.1) is 18.5 Å². The Morgan fingerprint density at radius 3 is 2.79 bits per heavy atom. The maximum atomic E-state index is 6.02. The number of hydrogen-bond donors (Lipinski definition) is 0. The highest BCUT2D eigenvalue weighted by molar-refractivity contribution is 6.06. The van der Waals surface area contributed by atoms with Crippen molar-refractivity contribution < 1.29 is 14.3 Å². The van der Waals surface area contributed by atoms with Crippen molar-refractivity contribution in [2.45, 2.75) is 12.6 Å². The molecule has 1 aromatic heterocycles. The van der Waals surface area contributed by atoms with Crippen molar-refractivity contribution in [3.05, 3.63) is 65.9 Å². The van der Waals surface area contributed by atoms with Crippen LogP contribution in [0.3, 0.4) is 0 Å². The number of ether oxygens (including phenoxy) is 2. The predicted octanol–water partition coefficient (Wildman–Crippen LogP) is 3.17. The Bertz CT molecular complexity index is 1190. The highest BCUT2D eigenvalue weighted by Crippen LogP contribution is 2.36. The van der Waals surface area contributed by atoms with Crippen LogP contribution in [0.15, 0.2) is 59.9 Å². The summed E-state index contributed by atoms with van der Waals surface area (Å²) in [5.41, 5.74) is 4.37. The average molecular weight is 445 g/mol. The lowest BCUT2D eigenvalue weighted by atomic mass is 9.90. The molecule has 0 radical (unpaired) electrons. The first kappa shape index (κ1) is 20.4. The van der Waals surface area contributed by atoms with Crippen LogP contribution >= 0.6 is 0 Å². The molecule has 3 aliphatic rings. The molecule has 0 N–H and O–H groups in total. The number of fused-ring (bicyclic) bond motifs is 4. The molecular weight excluding hydrogens is 416 g/mol. The summed E-state index contributed by atoms with van der Waals surface area (Å²) in [5.74, 6) is 1.82. The van der Waals surface area contributed by atoms with Crippen molar-refractivity contribution in [1.82, 2.24) is 14.8 Å². The van der Waals surface area contributed by atoms with E-state index in [1.165, 1.54) is 10.9 Å². The Balaban J connectivity index is 1.05. The zero-order valence-corrected chi connectivity index (χ0v) is 18.8.